The van der Waals surface area contributed by atoms with Crippen molar-refractivity contribution >= 4 is 31.9 Å². The fraction of sp³-hybridized carbons (Fsp3) is 0.588. The zero-order valence-electron chi connectivity index (χ0n) is 14.4. The second-order valence-corrected chi connectivity index (χ2v) is 9.64. The van der Waals surface area contributed by atoms with E-state index in [4.69, 9.17) is 0 Å². The lowest BCUT2D eigenvalue weighted by molar-refractivity contribution is -0.138. The Bertz CT molecular complexity index is 715. The number of piperidine rings is 1. The van der Waals surface area contributed by atoms with Gasteiger partial charge in [-0.15, -0.1) is 0 Å². The largest absolute Gasteiger partial charge is 0.340 e. The van der Waals surface area contributed by atoms with Crippen LogP contribution in [0.2, 0.25) is 0 Å². The molecule has 0 aromatic heterocycles. The minimum atomic E-state index is -3.55. The Morgan fingerprint density at radius 2 is 1.72 bits per heavy atom. The van der Waals surface area contributed by atoms with Crippen LogP contribution in [0.1, 0.15) is 12.8 Å². The predicted octanol–water partition coefficient (Wildman–Crippen LogP) is 1.62. The minimum absolute atomic E-state index is 0.101. The van der Waals surface area contributed by atoms with Gasteiger partial charge in [-0.1, -0.05) is 15.9 Å². The molecule has 1 atom stereocenters. The maximum absolute atomic E-state index is 12.9. The predicted molar refractivity (Wildman–Crippen MR) is 99.7 cm³/mol. The summed E-state index contributed by atoms with van der Waals surface area (Å²) >= 11 is 3.32. The maximum Gasteiger partial charge on any atom is 0.243 e. The van der Waals surface area contributed by atoms with Crippen molar-refractivity contribution in [3.8, 4) is 0 Å². The molecule has 0 spiro atoms. The SMILES string of the molecule is CN1CCN(C(=O)[C@@H]2CCCN(S(=O)(=O)c3ccc(Br)cc3)C2)CC1. The van der Waals surface area contributed by atoms with Gasteiger partial charge in [-0.2, -0.15) is 4.31 Å². The van der Waals surface area contributed by atoms with Crippen LogP contribution in [0.15, 0.2) is 33.6 Å². The fourth-order valence-electron chi connectivity index (χ4n) is 3.40. The van der Waals surface area contributed by atoms with E-state index >= 15 is 0 Å². The van der Waals surface area contributed by atoms with Crippen LogP contribution in [0, 0.1) is 5.92 Å². The van der Waals surface area contributed by atoms with E-state index in [9.17, 15) is 13.2 Å². The lowest BCUT2D eigenvalue weighted by Crippen LogP contribution is -2.52. The molecule has 2 fully saturated rings. The molecular weight excluding hydrogens is 406 g/mol. The number of piperazine rings is 1. The lowest BCUT2D eigenvalue weighted by atomic mass is 9.98. The summed E-state index contributed by atoms with van der Waals surface area (Å²) in [5.41, 5.74) is 0. The number of nitrogens with zero attached hydrogens (tertiary/aromatic N) is 3. The molecule has 0 aliphatic carbocycles. The average molecular weight is 430 g/mol. The number of halogens is 1. The van der Waals surface area contributed by atoms with Gasteiger partial charge in [0.15, 0.2) is 0 Å². The molecule has 2 saturated heterocycles. The molecule has 1 amide bonds. The summed E-state index contributed by atoms with van der Waals surface area (Å²) in [7, 11) is -1.50. The van der Waals surface area contributed by atoms with E-state index in [0.717, 1.165) is 43.5 Å². The van der Waals surface area contributed by atoms with E-state index in [1.165, 1.54) is 4.31 Å². The van der Waals surface area contributed by atoms with Crippen LogP contribution in [0.4, 0.5) is 0 Å². The highest BCUT2D eigenvalue weighted by molar-refractivity contribution is 9.10. The third-order valence-electron chi connectivity index (χ3n) is 5.00. The van der Waals surface area contributed by atoms with Gasteiger partial charge in [0, 0.05) is 43.7 Å². The topological polar surface area (TPSA) is 60.9 Å². The molecule has 1 aromatic carbocycles. The Kier molecular flexibility index (Phi) is 5.82. The Labute approximate surface area is 158 Å². The first-order valence-corrected chi connectivity index (χ1v) is 10.8. The third kappa shape index (κ3) is 4.24. The smallest absolute Gasteiger partial charge is 0.243 e. The van der Waals surface area contributed by atoms with Crippen molar-refractivity contribution in [3.05, 3.63) is 28.7 Å². The Balaban J connectivity index is 1.70. The molecule has 0 unspecified atom stereocenters. The average Bonchev–Trinajstić information content (AvgIpc) is 2.62. The molecule has 25 heavy (non-hydrogen) atoms. The van der Waals surface area contributed by atoms with E-state index in [2.05, 4.69) is 27.9 Å². The van der Waals surface area contributed by atoms with Crippen LogP contribution < -0.4 is 0 Å². The van der Waals surface area contributed by atoms with Gasteiger partial charge in [0.25, 0.3) is 0 Å². The normalized spacial score (nSPS) is 23.6. The monoisotopic (exact) mass is 429 g/mol. The van der Waals surface area contributed by atoms with Crippen molar-refractivity contribution in [1.82, 2.24) is 14.1 Å². The van der Waals surface area contributed by atoms with Crippen LogP contribution in [0.25, 0.3) is 0 Å². The number of hydrogen-bond acceptors (Lipinski definition) is 4. The quantitative estimate of drug-likeness (QED) is 0.732. The highest BCUT2D eigenvalue weighted by Gasteiger charge is 2.35. The minimum Gasteiger partial charge on any atom is -0.340 e. The summed E-state index contributed by atoms with van der Waals surface area (Å²) in [5.74, 6) is -0.133. The molecular formula is C17H24BrN3O3S. The fourth-order valence-corrected chi connectivity index (χ4v) is 5.19. The number of carbonyl (C=O) groups excluding carboxylic acids is 1. The number of likely N-dealkylation sites (N-methyl/N-ethyl adjacent to an activating group) is 1. The van der Waals surface area contributed by atoms with Gasteiger partial charge in [-0.05, 0) is 44.2 Å². The second-order valence-electron chi connectivity index (χ2n) is 6.78. The molecule has 0 radical (unpaired) electrons. The number of benzene rings is 1. The molecule has 0 bridgehead atoms. The van der Waals surface area contributed by atoms with E-state index < -0.39 is 10.0 Å². The number of rotatable bonds is 3. The summed E-state index contributed by atoms with van der Waals surface area (Å²) in [6, 6.07) is 6.66. The molecule has 2 aliphatic heterocycles. The van der Waals surface area contributed by atoms with E-state index in [0.29, 0.717) is 6.54 Å². The maximum atomic E-state index is 12.9. The van der Waals surface area contributed by atoms with Crippen molar-refractivity contribution in [3.63, 3.8) is 0 Å². The van der Waals surface area contributed by atoms with Crippen LogP contribution in [0.5, 0.6) is 0 Å². The molecule has 2 heterocycles. The molecule has 8 heteroatoms. The first-order valence-electron chi connectivity index (χ1n) is 8.61. The van der Waals surface area contributed by atoms with Crippen molar-refractivity contribution in [2.75, 3.05) is 46.3 Å². The Hall–Kier alpha value is -0.960. The number of hydrogen-bond donors (Lipinski definition) is 0. The zero-order chi connectivity index (χ0) is 18.0. The van der Waals surface area contributed by atoms with E-state index in [-0.39, 0.29) is 23.3 Å². The molecule has 138 valence electrons. The van der Waals surface area contributed by atoms with Crippen molar-refractivity contribution in [2.24, 2.45) is 5.92 Å². The Morgan fingerprint density at radius 1 is 1.08 bits per heavy atom. The van der Waals surface area contributed by atoms with Gasteiger partial charge in [0.2, 0.25) is 15.9 Å². The second kappa shape index (κ2) is 7.73. The molecule has 2 aliphatic rings. The first-order chi connectivity index (χ1) is 11.9. The van der Waals surface area contributed by atoms with E-state index in [1.807, 2.05) is 4.90 Å². The number of sulfonamides is 1. The van der Waals surface area contributed by atoms with Crippen LogP contribution in [-0.4, -0.2) is 74.7 Å². The molecule has 6 nitrogen and oxygen atoms in total. The highest BCUT2D eigenvalue weighted by Crippen LogP contribution is 2.26. The van der Waals surface area contributed by atoms with Crippen molar-refractivity contribution in [1.29, 1.82) is 0 Å². The number of amides is 1. The summed E-state index contributed by atoms with van der Waals surface area (Å²) < 4.78 is 28.0. The van der Waals surface area contributed by atoms with Crippen molar-refractivity contribution < 1.29 is 13.2 Å². The van der Waals surface area contributed by atoms with Gasteiger partial charge in [0.05, 0.1) is 10.8 Å². The lowest BCUT2D eigenvalue weighted by Gasteiger charge is -2.37. The van der Waals surface area contributed by atoms with Gasteiger partial charge in [-0.25, -0.2) is 8.42 Å². The molecule has 0 saturated carbocycles. The number of carbonyl (C=O) groups is 1. The van der Waals surface area contributed by atoms with Gasteiger partial charge in [0.1, 0.15) is 0 Å². The summed E-state index contributed by atoms with van der Waals surface area (Å²) in [6.07, 6.45) is 1.48. The van der Waals surface area contributed by atoms with Gasteiger partial charge >= 0.3 is 0 Å². The van der Waals surface area contributed by atoms with Gasteiger partial charge < -0.3 is 9.80 Å². The summed E-state index contributed by atoms with van der Waals surface area (Å²) in [6.45, 7) is 3.96. The van der Waals surface area contributed by atoms with Crippen molar-refractivity contribution in [2.45, 2.75) is 17.7 Å². The standard InChI is InChI=1S/C17H24BrN3O3S/c1-19-9-11-20(12-10-19)17(22)14-3-2-8-21(13-14)25(23,24)16-6-4-15(18)5-7-16/h4-7,14H,2-3,8-13H2,1H3/t14-/m1/s1. The van der Waals surface area contributed by atoms with Gasteiger partial charge in [-0.3, -0.25) is 4.79 Å². The summed E-state index contributed by atoms with van der Waals surface area (Å²) in [5, 5.41) is 0. The molecule has 3 rings (SSSR count). The zero-order valence-corrected chi connectivity index (χ0v) is 16.8. The first kappa shape index (κ1) is 18.8. The van der Waals surface area contributed by atoms with Crippen LogP contribution in [-0.2, 0) is 14.8 Å². The van der Waals surface area contributed by atoms with Crippen LogP contribution in [0.3, 0.4) is 0 Å². The van der Waals surface area contributed by atoms with Crippen LogP contribution >= 0.6 is 15.9 Å². The Morgan fingerprint density at radius 3 is 2.36 bits per heavy atom. The molecule has 0 N–H and O–H groups in total. The third-order valence-corrected chi connectivity index (χ3v) is 7.41. The highest BCUT2D eigenvalue weighted by atomic mass is 79.9. The van der Waals surface area contributed by atoms with E-state index in [1.54, 1.807) is 24.3 Å². The summed E-state index contributed by atoms with van der Waals surface area (Å²) in [4.78, 5) is 17.2. The molecule has 1 aromatic rings.